The average molecular weight is 933 g/mol. The molecule has 6 nitrogen and oxygen atoms in total. The highest BCUT2D eigenvalue weighted by atomic mass is 16.6. The van der Waals surface area contributed by atoms with Gasteiger partial charge in [-0.3, -0.25) is 14.4 Å². The van der Waals surface area contributed by atoms with E-state index in [0.29, 0.717) is 19.3 Å². The van der Waals surface area contributed by atoms with Gasteiger partial charge in [-0.05, 0) is 109 Å². The molecule has 0 aliphatic heterocycles. The van der Waals surface area contributed by atoms with Crippen LogP contribution in [0.3, 0.4) is 0 Å². The molecule has 0 amide bonds. The summed E-state index contributed by atoms with van der Waals surface area (Å²) in [6, 6.07) is 0. The Hall–Kier alpha value is -3.41. The molecule has 0 fully saturated rings. The first-order valence-electron chi connectivity index (χ1n) is 28.1. The van der Waals surface area contributed by atoms with Crippen LogP contribution in [0.15, 0.2) is 85.1 Å². The van der Waals surface area contributed by atoms with Gasteiger partial charge in [0.15, 0.2) is 6.10 Å². The molecular weight excluding hydrogens is 829 g/mol. The molecule has 0 saturated carbocycles. The maximum atomic E-state index is 12.8. The fourth-order valence-electron chi connectivity index (χ4n) is 7.70. The summed E-state index contributed by atoms with van der Waals surface area (Å²) in [5, 5.41) is 0. The average Bonchev–Trinajstić information content (AvgIpc) is 3.33. The first kappa shape index (κ1) is 63.6. The summed E-state index contributed by atoms with van der Waals surface area (Å²) < 4.78 is 16.8. The van der Waals surface area contributed by atoms with E-state index in [9.17, 15) is 14.4 Å². The third kappa shape index (κ3) is 53.4. The van der Waals surface area contributed by atoms with Gasteiger partial charge < -0.3 is 14.2 Å². The highest BCUT2D eigenvalue weighted by Crippen LogP contribution is 2.15. The highest BCUT2D eigenvalue weighted by molar-refractivity contribution is 5.71. The fraction of sp³-hybridized carbons (Fsp3) is 0.721. The number of esters is 3. The standard InChI is InChI=1S/C61H104O6/c1-4-7-10-13-16-19-22-25-28-30-31-32-34-36-39-42-45-48-51-54-60(63)66-57-58(56-65-59(62)53-50-47-44-41-38-35-27-24-21-18-15-12-9-6-3)67-61(64)55-52-49-46-43-40-37-33-29-26-23-20-17-14-11-8-5-2/h7-8,10-11,16-17,19-20,25-26,28-29,35,38,58H,4-6,9,12-15,18,21-24,27,30-34,36-37,39-57H2,1-3H3/b10-7-,11-8-,19-16-,20-17-,28-25-,29-26-,38-35-. The molecule has 0 aliphatic rings. The normalized spacial score (nSPS) is 12.7. The van der Waals surface area contributed by atoms with Gasteiger partial charge in [0.25, 0.3) is 0 Å². The summed E-state index contributed by atoms with van der Waals surface area (Å²) in [6.07, 6.45) is 71.4. The SMILES string of the molecule is CC/C=C\C/C=C\C/C=C\CCCCCCCCCCCC(=O)OCC(COC(=O)CCCCC/C=C\CCCCCCCCC)OC(=O)CCCCCCCC/C=C\C/C=C\C/C=C\CC. The maximum absolute atomic E-state index is 12.8. The number of hydrogen-bond donors (Lipinski definition) is 0. The van der Waals surface area contributed by atoms with Gasteiger partial charge in [-0.2, -0.15) is 0 Å². The van der Waals surface area contributed by atoms with E-state index < -0.39 is 6.10 Å². The summed E-state index contributed by atoms with van der Waals surface area (Å²) in [4.78, 5) is 38.1. The van der Waals surface area contributed by atoms with Crippen molar-refractivity contribution in [3.05, 3.63) is 85.1 Å². The third-order valence-electron chi connectivity index (χ3n) is 11.9. The lowest BCUT2D eigenvalue weighted by molar-refractivity contribution is -0.167. The van der Waals surface area contributed by atoms with Crippen molar-refractivity contribution in [1.82, 2.24) is 0 Å². The van der Waals surface area contributed by atoms with Crippen molar-refractivity contribution < 1.29 is 28.6 Å². The Kier molecular flexibility index (Phi) is 52.4. The summed E-state index contributed by atoms with van der Waals surface area (Å²) in [7, 11) is 0. The Bertz CT molecular complexity index is 1300. The van der Waals surface area contributed by atoms with E-state index in [4.69, 9.17) is 14.2 Å². The summed E-state index contributed by atoms with van der Waals surface area (Å²) in [5.41, 5.74) is 0. The molecular formula is C61H104O6. The molecule has 0 N–H and O–H groups in total. The summed E-state index contributed by atoms with van der Waals surface area (Å²) in [6.45, 7) is 6.40. The highest BCUT2D eigenvalue weighted by Gasteiger charge is 2.19. The van der Waals surface area contributed by atoms with E-state index in [1.165, 1.54) is 103 Å². The van der Waals surface area contributed by atoms with Gasteiger partial charge in [0.05, 0.1) is 0 Å². The second kappa shape index (κ2) is 55.2. The Labute approximate surface area is 414 Å². The molecule has 1 unspecified atom stereocenters. The van der Waals surface area contributed by atoms with Crippen molar-refractivity contribution in [3.8, 4) is 0 Å². The zero-order valence-electron chi connectivity index (χ0n) is 43.9. The van der Waals surface area contributed by atoms with E-state index in [-0.39, 0.29) is 31.1 Å². The minimum atomic E-state index is -0.792. The van der Waals surface area contributed by atoms with Gasteiger partial charge >= 0.3 is 17.9 Å². The van der Waals surface area contributed by atoms with E-state index in [2.05, 4.69) is 106 Å². The Morgan fingerprint density at radius 2 is 0.582 bits per heavy atom. The molecule has 0 heterocycles. The molecule has 0 aromatic rings. The molecule has 1 atom stereocenters. The van der Waals surface area contributed by atoms with Crippen LogP contribution in [0.1, 0.15) is 265 Å². The number of unbranched alkanes of at least 4 members (excludes halogenated alkanes) is 25. The summed E-state index contributed by atoms with van der Waals surface area (Å²) in [5.74, 6) is -0.919. The first-order chi connectivity index (χ1) is 33.0. The molecule has 384 valence electrons. The molecule has 0 radical (unpaired) electrons. The van der Waals surface area contributed by atoms with E-state index in [1.54, 1.807) is 0 Å². The van der Waals surface area contributed by atoms with Gasteiger partial charge in [0.2, 0.25) is 0 Å². The van der Waals surface area contributed by atoms with Crippen molar-refractivity contribution >= 4 is 17.9 Å². The molecule has 6 heteroatoms. The molecule has 67 heavy (non-hydrogen) atoms. The number of carbonyl (C=O) groups excluding carboxylic acids is 3. The lowest BCUT2D eigenvalue weighted by Crippen LogP contribution is -2.30. The Balaban J connectivity index is 4.41. The van der Waals surface area contributed by atoms with Crippen molar-refractivity contribution in [3.63, 3.8) is 0 Å². The second-order valence-electron chi connectivity index (χ2n) is 18.4. The fourth-order valence-corrected chi connectivity index (χ4v) is 7.70. The number of rotatable bonds is 50. The van der Waals surface area contributed by atoms with Crippen molar-refractivity contribution in [2.45, 2.75) is 271 Å². The topological polar surface area (TPSA) is 78.9 Å². The number of allylic oxidation sites excluding steroid dienone is 14. The molecule has 0 aliphatic carbocycles. The molecule has 0 aromatic carbocycles. The van der Waals surface area contributed by atoms with Crippen LogP contribution >= 0.6 is 0 Å². The second-order valence-corrected chi connectivity index (χ2v) is 18.4. The molecule has 0 spiro atoms. The van der Waals surface area contributed by atoms with E-state index >= 15 is 0 Å². The van der Waals surface area contributed by atoms with Crippen LogP contribution in [-0.4, -0.2) is 37.2 Å². The van der Waals surface area contributed by atoms with Crippen LogP contribution in [0, 0.1) is 0 Å². The van der Waals surface area contributed by atoms with Gasteiger partial charge in [0, 0.05) is 19.3 Å². The van der Waals surface area contributed by atoms with Crippen molar-refractivity contribution in [2.24, 2.45) is 0 Å². The zero-order valence-corrected chi connectivity index (χ0v) is 43.9. The number of ether oxygens (including phenoxy) is 3. The minimum Gasteiger partial charge on any atom is -0.462 e. The van der Waals surface area contributed by atoms with Crippen LogP contribution in [0.5, 0.6) is 0 Å². The van der Waals surface area contributed by atoms with Gasteiger partial charge in [-0.1, -0.05) is 221 Å². The molecule has 0 saturated heterocycles. The van der Waals surface area contributed by atoms with Crippen LogP contribution in [-0.2, 0) is 28.6 Å². The van der Waals surface area contributed by atoms with E-state index in [0.717, 1.165) is 122 Å². The Morgan fingerprint density at radius 1 is 0.313 bits per heavy atom. The summed E-state index contributed by atoms with van der Waals surface area (Å²) >= 11 is 0. The van der Waals surface area contributed by atoms with Gasteiger partial charge in [-0.25, -0.2) is 0 Å². The molecule has 0 aromatic heterocycles. The Morgan fingerprint density at radius 3 is 0.940 bits per heavy atom. The number of hydrogen-bond acceptors (Lipinski definition) is 6. The molecule has 0 rings (SSSR count). The van der Waals surface area contributed by atoms with Crippen LogP contribution in [0.2, 0.25) is 0 Å². The lowest BCUT2D eigenvalue weighted by atomic mass is 10.1. The first-order valence-corrected chi connectivity index (χ1v) is 28.1. The van der Waals surface area contributed by atoms with Crippen molar-refractivity contribution in [1.29, 1.82) is 0 Å². The predicted octanol–water partition coefficient (Wildman–Crippen LogP) is 18.8. The molecule has 0 bridgehead atoms. The van der Waals surface area contributed by atoms with E-state index in [1.807, 2.05) is 0 Å². The smallest absolute Gasteiger partial charge is 0.306 e. The van der Waals surface area contributed by atoms with Crippen LogP contribution in [0.25, 0.3) is 0 Å². The van der Waals surface area contributed by atoms with Crippen LogP contribution in [0.4, 0.5) is 0 Å². The maximum Gasteiger partial charge on any atom is 0.306 e. The monoisotopic (exact) mass is 933 g/mol. The van der Waals surface area contributed by atoms with Gasteiger partial charge in [0.1, 0.15) is 13.2 Å². The quantitative estimate of drug-likeness (QED) is 0.0262. The van der Waals surface area contributed by atoms with Gasteiger partial charge in [-0.15, -0.1) is 0 Å². The third-order valence-corrected chi connectivity index (χ3v) is 11.9. The lowest BCUT2D eigenvalue weighted by Gasteiger charge is -2.18. The van der Waals surface area contributed by atoms with Crippen molar-refractivity contribution in [2.75, 3.05) is 13.2 Å². The zero-order chi connectivity index (χ0) is 48.6. The number of carbonyl (C=O) groups is 3. The minimum absolute atomic E-state index is 0.0894. The predicted molar refractivity (Wildman–Crippen MR) is 288 cm³/mol. The largest absolute Gasteiger partial charge is 0.462 e. The van der Waals surface area contributed by atoms with Crippen LogP contribution < -0.4 is 0 Å².